The number of aryl methyl sites for hydroxylation is 1. The quantitative estimate of drug-likeness (QED) is 0.491. The summed E-state index contributed by atoms with van der Waals surface area (Å²) in [5.41, 5.74) is 0.849. The topological polar surface area (TPSA) is 12.9 Å². The highest BCUT2D eigenvalue weighted by molar-refractivity contribution is 5.31. The third-order valence-electron chi connectivity index (χ3n) is 1.15. The van der Waals surface area contributed by atoms with Gasteiger partial charge in [0.05, 0.1) is 5.56 Å². The highest BCUT2D eigenvalue weighted by Gasteiger charge is 1.97. The number of terminal acetylenes is 1. The molecule has 0 N–H and O–H groups in total. The van der Waals surface area contributed by atoms with Gasteiger partial charge in [-0.2, -0.15) is 0 Å². The predicted octanol–water partition coefficient (Wildman–Crippen LogP) is 1.51. The molecule has 0 aliphatic heterocycles. The third-order valence-corrected chi connectivity index (χ3v) is 1.15. The van der Waals surface area contributed by atoms with Crippen LogP contribution in [-0.4, -0.2) is 4.98 Å². The number of halogens is 1. The molecule has 0 spiro atoms. The fraction of sp³-hybridized carbons (Fsp3) is 0.125. The summed E-state index contributed by atoms with van der Waals surface area (Å²) in [6, 6.07) is 1.31. The average molecular weight is 135 g/mol. The van der Waals surface area contributed by atoms with Crippen LogP contribution in [0.25, 0.3) is 0 Å². The number of hydrogen-bond acceptors (Lipinski definition) is 1. The van der Waals surface area contributed by atoms with Gasteiger partial charge in [-0.25, -0.2) is 4.39 Å². The minimum Gasteiger partial charge on any atom is -0.260 e. The van der Waals surface area contributed by atoms with E-state index in [9.17, 15) is 4.39 Å². The number of nitrogens with zero attached hydrogens (tertiary/aromatic N) is 1. The molecule has 1 aromatic heterocycles. The van der Waals surface area contributed by atoms with Crippen LogP contribution < -0.4 is 0 Å². The minimum absolute atomic E-state index is 0.214. The zero-order valence-corrected chi connectivity index (χ0v) is 5.56. The zero-order chi connectivity index (χ0) is 7.56. The van der Waals surface area contributed by atoms with Gasteiger partial charge < -0.3 is 0 Å². The molecule has 0 radical (unpaired) electrons. The molecule has 0 fully saturated rings. The molecular weight excluding hydrogens is 129 g/mol. The molecule has 0 aromatic carbocycles. The van der Waals surface area contributed by atoms with Crippen LogP contribution in [0, 0.1) is 25.1 Å². The van der Waals surface area contributed by atoms with E-state index >= 15 is 0 Å². The maximum absolute atomic E-state index is 12.7. The second-order valence-corrected chi connectivity index (χ2v) is 1.95. The van der Waals surface area contributed by atoms with Crippen molar-refractivity contribution in [3.8, 4) is 12.3 Å². The Hall–Kier alpha value is -1.36. The van der Waals surface area contributed by atoms with E-state index in [1.165, 1.54) is 12.3 Å². The zero-order valence-electron chi connectivity index (χ0n) is 5.56. The number of pyridine rings is 1. The first-order valence-electron chi connectivity index (χ1n) is 2.83. The van der Waals surface area contributed by atoms with Crippen LogP contribution in [0.15, 0.2) is 12.3 Å². The van der Waals surface area contributed by atoms with Crippen LogP contribution in [-0.2, 0) is 0 Å². The number of rotatable bonds is 0. The van der Waals surface area contributed by atoms with E-state index in [0.717, 1.165) is 0 Å². The maximum Gasteiger partial charge on any atom is 0.142 e. The lowest BCUT2D eigenvalue weighted by atomic mass is 10.2. The van der Waals surface area contributed by atoms with Gasteiger partial charge in [0.25, 0.3) is 0 Å². The Bertz CT molecular complexity index is 286. The van der Waals surface area contributed by atoms with Gasteiger partial charge in [-0.1, -0.05) is 5.92 Å². The van der Waals surface area contributed by atoms with Crippen molar-refractivity contribution in [3.05, 3.63) is 29.3 Å². The summed E-state index contributed by atoms with van der Waals surface area (Å²) in [5, 5.41) is 0. The summed E-state index contributed by atoms with van der Waals surface area (Å²) in [7, 11) is 0. The smallest absolute Gasteiger partial charge is 0.142 e. The molecule has 0 aliphatic rings. The fourth-order valence-electron chi connectivity index (χ4n) is 0.633. The Balaban J connectivity index is 3.23. The van der Waals surface area contributed by atoms with Crippen molar-refractivity contribution in [3.63, 3.8) is 0 Å². The van der Waals surface area contributed by atoms with Crippen molar-refractivity contribution in [1.29, 1.82) is 0 Å². The second-order valence-electron chi connectivity index (χ2n) is 1.95. The largest absolute Gasteiger partial charge is 0.260 e. The summed E-state index contributed by atoms with van der Waals surface area (Å²) in [6.07, 6.45) is 6.32. The van der Waals surface area contributed by atoms with Gasteiger partial charge in [0.15, 0.2) is 0 Å². The van der Waals surface area contributed by atoms with Crippen molar-refractivity contribution in [2.45, 2.75) is 6.92 Å². The fourth-order valence-corrected chi connectivity index (χ4v) is 0.633. The summed E-state index contributed by atoms with van der Waals surface area (Å²) in [4.78, 5) is 3.83. The molecular formula is C8H6FN. The Morgan fingerprint density at radius 2 is 2.40 bits per heavy atom. The highest BCUT2D eigenvalue weighted by Crippen LogP contribution is 2.04. The lowest BCUT2D eigenvalue weighted by Crippen LogP contribution is -1.87. The summed E-state index contributed by atoms with van der Waals surface area (Å²) in [5.74, 6) is 1.81. The second kappa shape index (κ2) is 2.49. The van der Waals surface area contributed by atoms with E-state index in [0.29, 0.717) is 5.69 Å². The first-order chi connectivity index (χ1) is 4.74. The molecule has 0 atom stereocenters. The van der Waals surface area contributed by atoms with Crippen LogP contribution in [0.1, 0.15) is 11.3 Å². The molecule has 0 amide bonds. The molecule has 10 heavy (non-hydrogen) atoms. The van der Waals surface area contributed by atoms with E-state index in [2.05, 4.69) is 10.9 Å². The molecule has 50 valence electrons. The third kappa shape index (κ3) is 1.14. The minimum atomic E-state index is -0.380. The first-order valence-corrected chi connectivity index (χ1v) is 2.83. The van der Waals surface area contributed by atoms with Gasteiger partial charge in [0, 0.05) is 11.9 Å². The molecule has 2 heteroatoms. The van der Waals surface area contributed by atoms with Crippen molar-refractivity contribution in [1.82, 2.24) is 4.98 Å². The van der Waals surface area contributed by atoms with Gasteiger partial charge in [0.2, 0.25) is 0 Å². The molecule has 0 saturated heterocycles. The van der Waals surface area contributed by atoms with Crippen molar-refractivity contribution >= 4 is 0 Å². The van der Waals surface area contributed by atoms with E-state index in [-0.39, 0.29) is 11.4 Å². The van der Waals surface area contributed by atoms with Crippen molar-refractivity contribution in [2.75, 3.05) is 0 Å². The molecule has 1 aromatic rings. The lowest BCUT2D eigenvalue weighted by Gasteiger charge is -1.93. The van der Waals surface area contributed by atoms with Crippen LogP contribution in [0.4, 0.5) is 4.39 Å². The van der Waals surface area contributed by atoms with E-state index in [1.54, 1.807) is 6.92 Å². The monoisotopic (exact) mass is 135 g/mol. The van der Waals surface area contributed by atoms with Gasteiger partial charge >= 0.3 is 0 Å². The number of aromatic nitrogens is 1. The molecule has 1 rings (SSSR count). The van der Waals surface area contributed by atoms with Crippen molar-refractivity contribution in [2.24, 2.45) is 0 Å². The SMILES string of the molecule is C#Cc1cnc(C)cc1F. The normalized spacial score (nSPS) is 8.90. The van der Waals surface area contributed by atoms with Crippen LogP contribution in [0.2, 0.25) is 0 Å². The Morgan fingerprint density at radius 1 is 1.70 bits per heavy atom. The standard InChI is InChI=1S/C8H6FN/c1-3-7-5-10-6(2)4-8(7)9/h1,4-5H,2H3. The lowest BCUT2D eigenvalue weighted by molar-refractivity contribution is 0.620. The Morgan fingerprint density at radius 3 is 2.90 bits per heavy atom. The van der Waals surface area contributed by atoms with Gasteiger partial charge in [-0.3, -0.25) is 4.98 Å². The van der Waals surface area contributed by atoms with E-state index in [4.69, 9.17) is 6.42 Å². The molecule has 1 heterocycles. The molecule has 0 unspecified atom stereocenters. The maximum atomic E-state index is 12.7. The highest BCUT2D eigenvalue weighted by atomic mass is 19.1. The van der Waals surface area contributed by atoms with Crippen LogP contribution in [0.5, 0.6) is 0 Å². The van der Waals surface area contributed by atoms with Crippen LogP contribution in [0.3, 0.4) is 0 Å². The van der Waals surface area contributed by atoms with Gasteiger partial charge in [-0.05, 0) is 13.0 Å². The molecule has 0 bridgehead atoms. The Kier molecular flexibility index (Phi) is 1.68. The van der Waals surface area contributed by atoms with Gasteiger partial charge in [-0.15, -0.1) is 6.42 Å². The van der Waals surface area contributed by atoms with Crippen molar-refractivity contribution < 1.29 is 4.39 Å². The van der Waals surface area contributed by atoms with E-state index in [1.807, 2.05) is 0 Å². The molecule has 0 aliphatic carbocycles. The number of hydrogen-bond donors (Lipinski definition) is 0. The summed E-state index contributed by atoms with van der Waals surface area (Å²) in [6.45, 7) is 1.71. The first kappa shape index (κ1) is 6.76. The van der Waals surface area contributed by atoms with Crippen LogP contribution >= 0.6 is 0 Å². The Labute approximate surface area is 58.9 Å². The van der Waals surface area contributed by atoms with E-state index < -0.39 is 0 Å². The summed E-state index contributed by atoms with van der Waals surface area (Å²) >= 11 is 0. The van der Waals surface area contributed by atoms with Gasteiger partial charge in [0.1, 0.15) is 5.82 Å². The molecule has 0 saturated carbocycles. The predicted molar refractivity (Wildman–Crippen MR) is 36.9 cm³/mol. The summed E-state index contributed by atoms with van der Waals surface area (Å²) < 4.78 is 12.7. The average Bonchev–Trinajstić information content (AvgIpc) is 1.88. The molecule has 1 nitrogen and oxygen atoms in total.